The SMILES string of the molecule is COc1ccc(C#CC(=O)NCC(O)c2cccnc2)cc1. The second-order valence-electron chi connectivity index (χ2n) is 4.49. The summed E-state index contributed by atoms with van der Waals surface area (Å²) >= 11 is 0. The molecule has 2 rings (SSSR count). The van der Waals surface area contributed by atoms with E-state index >= 15 is 0 Å². The number of aromatic nitrogens is 1. The van der Waals surface area contributed by atoms with Crippen LogP contribution in [0.5, 0.6) is 5.75 Å². The monoisotopic (exact) mass is 296 g/mol. The van der Waals surface area contributed by atoms with Crippen LogP contribution in [0.25, 0.3) is 0 Å². The lowest BCUT2D eigenvalue weighted by atomic mass is 10.1. The summed E-state index contributed by atoms with van der Waals surface area (Å²) in [5, 5.41) is 12.5. The van der Waals surface area contributed by atoms with E-state index in [9.17, 15) is 9.90 Å². The molecule has 1 heterocycles. The molecule has 0 bridgehead atoms. The average molecular weight is 296 g/mol. The highest BCUT2D eigenvalue weighted by Gasteiger charge is 2.07. The Morgan fingerprint density at radius 3 is 2.77 bits per heavy atom. The standard InChI is InChI=1S/C17H16N2O3/c1-22-15-7-4-13(5-8-15)6-9-17(21)19-12-16(20)14-3-2-10-18-11-14/h2-5,7-8,10-11,16,20H,12H2,1H3,(H,19,21). The predicted octanol–water partition coefficient (Wildman–Crippen LogP) is 1.29. The van der Waals surface area contributed by atoms with E-state index in [2.05, 4.69) is 22.1 Å². The van der Waals surface area contributed by atoms with Crippen molar-refractivity contribution in [1.82, 2.24) is 10.3 Å². The van der Waals surface area contributed by atoms with Crippen molar-refractivity contribution in [3.63, 3.8) is 0 Å². The molecule has 0 fully saturated rings. The Hall–Kier alpha value is -2.84. The molecule has 0 radical (unpaired) electrons. The lowest BCUT2D eigenvalue weighted by Gasteiger charge is -2.09. The summed E-state index contributed by atoms with van der Waals surface area (Å²) < 4.78 is 5.04. The van der Waals surface area contributed by atoms with E-state index in [0.29, 0.717) is 11.1 Å². The summed E-state index contributed by atoms with van der Waals surface area (Å²) in [4.78, 5) is 15.6. The van der Waals surface area contributed by atoms with Crippen LogP contribution in [0, 0.1) is 11.8 Å². The molecule has 112 valence electrons. The highest BCUT2D eigenvalue weighted by Crippen LogP contribution is 2.10. The number of aliphatic hydroxyl groups excluding tert-OH is 1. The number of ether oxygens (including phenoxy) is 1. The van der Waals surface area contributed by atoms with Crippen LogP contribution >= 0.6 is 0 Å². The van der Waals surface area contributed by atoms with Gasteiger partial charge in [-0.15, -0.1) is 0 Å². The van der Waals surface area contributed by atoms with Gasteiger partial charge in [0.25, 0.3) is 5.91 Å². The van der Waals surface area contributed by atoms with Gasteiger partial charge in [-0.25, -0.2) is 0 Å². The zero-order valence-corrected chi connectivity index (χ0v) is 12.1. The number of carbonyl (C=O) groups excluding carboxylic acids is 1. The first-order valence-electron chi connectivity index (χ1n) is 6.71. The zero-order chi connectivity index (χ0) is 15.8. The van der Waals surface area contributed by atoms with Gasteiger partial charge in [-0.2, -0.15) is 0 Å². The van der Waals surface area contributed by atoms with Crippen molar-refractivity contribution in [2.75, 3.05) is 13.7 Å². The number of aliphatic hydroxyl groups is 1. The molecule has 0 aliphatic rings. The van der Waals surface area contributed by atoms with E-state index in [1.807, 2.05) is 0 Å². The number of benzene rings is 1. The van der Waals surface area contributed by atoms with Gasteiger partial charge in [-0.3, -0.25) is 9.78 Å². The molecule has 0 spiro atoms. The van der Waals surface area contributed by atoms with Crippen LogP contribution in [0.3, 0.4) is 0 Å². The van der Waals surface area contributed by atoms with Crippen molar-refractivity contribution in [2.45, 2.75) is 6.10 Å². The first-order valence-corrected chi connectivity index (χ1v) is 6.71. The summed E-state index contributed by atoms with van der Waals surface area (Å²) in [6.45, 7) is 0.0851. The molecule has 0 saturated heterocycles. The highest BCUT2D eigenvalue weighted by molar-refractivity contribution is 5.94. The Balaban J connectivity index is 1.86. The minimum absolute atomic E-state index is 0.0851. The Morgan fingerprint density at radius 2 is 2.14 bits per heavy atom. The smallest absolute Gasteiger partial charge is 0.296 e. The van der Waals surface area contributed by atoms with Crippen molar-refractivity contribution < 1.29 is 14.6 Å². The average Bonchev–Trinajstić information content (AvgIpc) is 2.59. The number of carbonyl (C=O) groups is 1. The van der Waals surface area contributed by atoms with Crippen molar-refractivity contribution in [1.29, 1.82) is 0 Å². The molecule has 2 N–H and O–H groups in total. The van der Waals surface area contributed by atoms with Gasteiger partial charge in [-0.1, -0.05) is 12.0 Å². The van der Waals surface area contributed by atoms with Gasteiger partial charge < -0.3 is 15.2 Å². The highest BCUT2D eigenvalue weighted by atomic mass is 16.5. The van der Waals surface area contributed by atoms with Crippen molar-refractivity contribution in [2.24, 2.45) is 0 Å². The van der Waals surface area contributed by atoms with E-state index in [0.717, 1.165) is 5.75 Å². The topological polar surface area (TPSA) is 71.5 Å². The fourth-order valence-corrected chi connectivity index (χ4v) is 1.73. The van der Waals surface area contributed by atoms with Crippen molar-refractivity contribution in [3.8, 4) is 17.6 Å². The summed E-state index contributed by atoms with van der Waals surface area (Å²) in [6, 6.07) is 10.5. The Labute approximate surface area is 129 Å². The van der Waals surface area contributed by atoms with E-state index in [1.54, 1.807) is 55.9 Å². The summed E-state index contributed by atoms with van der Waals surface area (Å²) in [5.41, 5.74) is 1.36. The van der Waals surface area contributed by atoms with E-state index < -0.39 is 12.0 Å². The molecule has 0 aliphatic carbocycles. The zero-order valence-electron chi connectivity index (χ0n) is 12.1. The number of nitrogens with one attached hydrogen (secondary N) is 1. The van der Waals surface area contributed by atoms with E-state index in [1.165, 1.54) is 0 Å². The maximum Gasteiger partial charge on any atom is 0.296 e. The fourth-order valence-electron chi connectivity index (χ4n) is 1.73. The molecular formula is C17H16N2O3. The van der Waals surface area contributed by atoms with Crippen LogP contribution in [-0.2, 0) is 4.79 Å². The summed E-state index contributed by atoms with van der Waals surface area (Å²) in [7, 11) is 1.59. The molecule has 1 aromatic carbocycles. The molecule has 5 nitrogen and oxygen atoms in total. The Bertz CT molecular complexity index is 673. The maximum absolute atomic E-state index is 11.6. The van der Waals surface area contributed by atoms with Crippen LogP contribution in [0.4, 0.5) is 0 Å². The van der Waals surface area contributed by atoms with Crippen LogP contribution in [0.2, 0.25) is 0 Å². The molecule has 1 unspecified atom stereocenters. The molecule has 1 atom stereocenters. The molecule has 2 aromatic rings. The first kappa shape index (κ1) is 15.5. The lowest BCUT2D eigenvalue weighted by Crippen LogP contribution is -2.27. The van der Waals surface area contributed by atoms with E-state index in [4.69, 9.17) is 4.74 Å². The third-order valence-corrected chi connectivity index (χ3v) is 2.94. The number of pyridine rings is 1. The fraction of sp³-hybridized carbons (Fsp3) is 0.176. The maximum atomic E-state index is 11.6. The minimum Gasteiger partial charge on any atom is -0.497 e. The summed E-state index contributed by atoms with van der Waals surface area (Å²) in [5.74, 6) is 5.51. The molecule has 1 aromatic heterocycles. The third-order valence-electron chi connectivity index (χ3n) is 2.94. The van der Waals surface area contributed by atoms with Crippen LogP contribution in [0.15, 0.2) is 48.8 Å². The number of hydrogen-bond acceptors (Lipinski definition) is 4. The van der Waals surface area contributed by atoms with Gasteiger partial charge in [0.05, 0.1) is 13.2 Å². The lowest BCUT2D eigenvalue weighted by molar-refractivity contribution is -0.116. The second kappa shape index (κ2) is 7.81. The van der Waals surface area contributed by atoms with E-state index in [-0.39, 0.29) is 6.54 Å². The van der Waals surface area contributed by atoms with Crippen LogP contribution in [-0.4, -0.2) is 29.7 Å². The largest absolute Gasteiger partial charge is 0.497 e. The normalized spacial score (nSPS) is 11.0. The van der Waals surface area contributed by atoms with Crippen LogP contribution in [0.1, 0.15) is 17.2 Å². The number of rotatable bonds is 4. The molecule has 1 amide bonds. The molecule has 0 aliphatic heterocycles. The first-order chi connectivity index (χ1) is 10.7. The number of hydrogen-bond donors (Lipinski definition) is 2. The Kier molecular flexibility index (Phi) is 5.52. The van der Waals surface area contributed by atoms with Gasteiger partial charge in [0, 0.05) is 36.0 Å². The second-order valence-corrected chi connectivity index (χ2v) is 4.49. The number of nitrogens with zero attached hydrogens (tertiary/aromatic N) is 1. The number of amides is 1. The summed E-state index contributed by atoms with van der Waals surface area (Å²) in [6.07, 6.45) is 2.37. The van der Waals surface area contributed by atoms with Gasteiger partial charge >= 0.3 is 0 Å². The quantitative estimate of drug-likeness (QED) is 0.834. The Morgan fingerprint density at radius 1 is 1.36 bits per heavy atom. The van der Waals surface area contributed by atoms with Crippen molar-refractivity contribution in [3.05, 3.63) is 59.9 Å². The van der Waals surface area contributed by atoms with Gasteiger partial charge in [0.2, 0.25) is 0 Å². The molecule has 0 saturated carbocycles. The van der Waals surface area contributed by atoms with Gasteiger partial charge in [0.15, 0.2) is 0 Å². The molecular weight excluding hydrogens is 280 g/mol. The molecule has 22 heavy (non-hydrogen) atoms. The molecule has 5 heteroatoms. The van der Waals surface area contributed by atoms with Crippen molar-refractivity contribution >= 4 is 5.91 Å². The number of methoxy groups -OCH3 is 1. The van der Waals surface area contributed by atoms with Crippen LogP contribution < -0.4 is 10.1 Å². The minimum atomic E-state index is -0.805. The van der Waals surface area contributed by atoms with Gasteiger partial charge in [0.1, 0.15) is 5.75 Å². The predicted molar refractivity (Wildman–Crippen MR) is 82.1 cm³/mol. The third kappa shape index (κ3) is 4.62. The van der Waals surface area contributed by atoms with Gasteiger partial charge in [-0.05, 0) is 30.3 Å².